The fraction of sp³-hybridized carbons (Fsp3) is 0.333. The average molecular weight is 551 g/mol. The van der Waals surface area contributed by atoms with Crippen molar-refractivity contribution in [3.63, 3.8) is 0 Å². The van der Waals surface area contributed by atoms with Crippen LogP contribution < -0.4 is 10.6 Å². The molecule has 2 N–H and O–H groups in total. The highest BCUT2D eigenvalue weighted by atomic mass is 32.2. The minimum Gasteiger partial charge on any atom is -0.354 e. The van der Waals surface area contributed by atoms with E-state index in [2.05, 4.69) is 20.7 Å². The van der Waals surface area contributed by atoms with Gasteiger partial charge in [-0.25, -0.2) is 13.1 Å². The van der Waals surface area contributed by atoms with Crippen LogP contribution in [0.5, 0.6) is 0 Å². The molecule has 10 nitrogen and oxygen atoms in total. The van der Waals surface area contributed by atoms with Crippen molar-refractivity contribution in [1.29, 1.82) is 0 Å². The molecule has 0 atom stereocenters. The SMILES string of the molecule is O=C(NCCNC(=O)C1CCN(S(=O)(=O)c2cccnc2)CC1)c1cn(-c2ccccc2)nc1C(F)(F)F. The summed E-state index contributed by atoms with van der Waals surface area (Å²) in [6.07, 6.45) is -0.450. The summed E-state index contributed by atoms with van der Waals surface area (Å²) in [5.41, 5.74) is -1.57. The Morgan fingerprint density at radius 3 is 2.32 bits per heavy atom. The lowest BCUT2D eigenvalue weighted by atomic mass is 9.97. The minimum absolute atomic E-state index is 0.00700. The van der Waals surface area contributed by atoms with Crippen LogP contribution in [0.25, 0.3) is 5.69 Å². The zero-order valence-corrected chi connectivity index (χ0v) is 20.9. The van der Waals surface area contributed by atoms with E-state index in [4.69, 9.17) is 0 Å². The van der Waals surface area contributed by atoms with Crippen molar-refractivity contribution in [3.05, 3.63) is 72.3 Å². The molecular weight excluding hydrogens is 525 g/mol. The first-order chi connectivity index (χ1) is 18.1. The van der Waals surface area contributed by atoms with Crippen LogP contribution in [0.3, 0.4) is 0 Å². The largest absolute Gasteiger partial charge is 0.435 e. The molecule has 0 aliphatic carbocycles. The van der Waals surface area contributed by atoms with E-state index in [-0.39, 0.29) is 37.0 Å². The summed E-state index contributed by atoms with van der Waals surface area (Å²) in [6, 6.07) is 11.1. The number of nitrogens with zero attached hydrogens (tertiary/aromatic N) is 4. The van der Waals surface area contributed by atoms with Gasteiger partial charge in [-0.3, -0.25) is 14.6 Å². The van der Waals surface area contributed by atoms with Crippen molar-refractivity contribution >= 4 is 21.8 Å². The quantitative estimate of drug-likeness (QED) is 0.415. The first-order valence-corrected chi connectivity index (χ1v) is 13.2. The van der Waals surface area contributed by atoms with E-state index in [9.17, 15) is 31.2 Å². The van der Waals surface area contributed by atoms with Crippen molar-refractivity contribution in [2.24, 2.45) is 5.92 Å². The monoisotopic (exact) mass is 550 g/mol. The second-order valence-electron chi connectivity index (χ2n) is 8.58. The molecule has 2 aromatic heterocycles. The third-order valence-corrected chi connectivity index (χ3v) is 7.94. The van der Waals surface area contributed by atoms with Crippen molar-refractivity contribution in [1.82, 2.24) is 29.7 Å². The van der Waals surface area contributed by atoms with Crippen LogP contribution in [-0.4, -0.2) is 65.5 Å². The Bertz CT molecular complexity index is 1370. The highest BCUT2D eigenvalue weighted by Crippen LogP contribution is 2.31. The van der Waals surface area contributed by atoms with E-state index < -0.39 is 39.3 Å². The second kappa shape index (κ2) is 11.3. The molecule has 14 heteroatoms. The maximum atomic E-state index is 13.5. The van der Waals surface area contributed by atoms with Crippen LogP contribution in [-0.2, 0) is 21.0 Å². The van der Waals surface area contributed by atoms with Crippen LogP contribution in [0.4, 0.5) is 13.2 Å². The number of hydrogen-bond donors (Lipinski definition) is 2. The Kier molecular flexibility index (Phi) is 8.11. The lowest BCUT2D eigenvalue weighted by molar-refractivity contribution is -0.141. The number of halogens is 3. The summed E-state index contributed by atoms with van der Waals surface area (Å²) >= 11 is 0. The van der Waals surface area contributed by atoms with Crippen LogP contribution >= 0.6 is 0 Å². The molecule has 1 aliphatic heterocycles. The lowest BCUT2D eigenvalue weighted by Crippen LogP contribution is -2.44. The van der Waals surface area contributed by atoms with E-state index >= 15 is 0 Å². The first kappa shape index (κ1) is 27.3. The van der Waals surface area contributed by atoms with Gasteiger partial charge in [0, 0.05) is 50.7 Å². The number of para-hydroxylation sites is 1. The third kappa shape index (κ3) is 6.19. The Morgan fingerprint density at radius 2 is 1.68 bits per heavy atom. The summed E-state index contributed by atoms with van der Waals surface area (Å²) in [5, 5.41) is 8.57. The maximum absolute atomic E-state index is 13.5. The smallest absolute Gasteiger partial charge is 0.354 e. The number of hydrogen-bond acceptors (Lipinski definition) is 6. The molecule has 38 heavy (non-hydrogen) atoms. The van der Waals surface area contributed by atoms with Gasteiger partial charge < -0.3 is 10.6 Å². The van der Waals surface area contributed by atoms with Crippen molar-refractivity contribution in [3.8, 4) is 5.69 Å². The Hall–Kier alpha value is -3.78. The maximum Gasteiger partial charge on any atom is 0.435 e. The lowest BCUT2D eigenvalue weighted by Gasteiger charge is -2.30. The normalized spacial score (nSPS) is 15.2. The highest BCUT2D eigenvalue weighted by molar-refractivity contribution is 7.89. The number of aromatic nitrogens is 3. The molecule has 1 aromatic carbocycles. The highest BCUT2D eigenvalue weighted by Gasteiger charge is 2.39. The zero-order valence-electron chi connectivity index (χ0n) is 20.1. The second-order valence-corrected chi connectivity index (χ2v) is 10.5. The van der Waals surface area contributed by atoms with E-state index in [0.717, 1.165) is 10.9 Å². The number of nitrogens with one attached hydrogen (secondary N) is 2. The standard InChI is InChI=1S/C24H25F3N6O4S/c25-24(26,27)21-20(16-33(31-21)18-5-2-1-3-6-18)23(35)30-12-11-29-22(34)17-8-13-32(14-9-17)38(36,37)19-7-4-10-28-15-19/h1-7,10,15-17H,8-9,11-14H2,(H,29,34)(H,30,35). The molecule has 0 bridgehead atoms. The van der Waals surface area contributed by atoms with E-state index in [1.54, 1.807) is 30.3 Å². The zero-order chi connectivity index (χ0) is 27.3. The molecular formula is C24H25F3N6O4S. The number of carbonyl (C=O) groups excluding carboxylic acids is 2. The molecule has 202 valence electrons. The summed E-state index contributed by atoms with van der Waals surface area (Å²) in [5.74, 6) is -1.71. The topological polar surface area (TPSA) is 126 Å². The van der Waals surface area contributed by atoms with Crippen LogP contribution in [0.1, 0.15) is 28.9 Å². The predicted octanol–water partition coefficient (Wildman–Crippen LogP) is 2.23. The van der Waals surface area contributed by atoms with Crippen molar-refractivity contribution in [2.75, 3.05) is 26.2 Å². The first-order valence-electron chi connectivity index (χ1n) is 11.8. The van der Waals surface area contributed by atoms with Gasteiger partial charge >= 0.3 is 6.18 Å². The van der Waals surface area contributed by atoms with Gasteiger partial charge in [0.1, 0.15) is 4.90 Å². The van der Waals surface area contributed by atoms with Gasteiger partial charge in [0.05, 0.1) is 11.3 Å². The summed E-state index contributed by atoms with van der Waals surface area (Å²) in [4.78, 5) is 28.9. The average Bonchev–Trinajstić information content (AvgIpc) is 3.39. The third-order valence-electron chi connectivity index (χ3n) is 6.05. The van der Waals surface area contributed by atoms with E-state index in [1.165, 1.54) is 28.8 Å². The predicted molar refractivity (Wildman–Crippen MR) is 130 cm³/mol. The van der Waals surface area contributed by atoms with E-state index in [1.807, 2.05) is 0 Å². The van der Waals surface area contributed by atoms with Gasteiger partial charge in [-0.15, -0.1) is 0 Å². The van der Waals surface area contributed by atoms with Crippen molar-refractivity contribution < 1.29 is 31.2 Å². The van der Waals surface area contributed by atoms with Crippen LogP contribution in [0.2, 0.25) is 0 Å². The molecule has 1 saturated heterocycles. The van der Waals surface area contributed by atoms with Crippen LogP contribution in [0, 0.1) is 5.92 Å². The number of rotatable bonds is 8. The molecule has 3 aromatic rings. The number of carbonyl (C=O) groups is 2. The number of benzene rings is 1. The van der Waals surface area contributed by atoms with Crippen LogP contribution in [0.15, 0.2) is 66.0 Å². The Morgan fingerprint density at radius 1 is 1.00 bits per heavy atom. The molecule has 3 heterocycles. The molecule has 4 rings (SSSR count). The summed E-state index contributed by atoms with van der Waals surface area (Å²) < 4.78 is 68.1. The van der Waals surface area contributed by atoms with Gasteiger partial charge in [0.25, 0.3) is 5.91 Å². The van der Waals surface area contributed by atoms with Gasteiger partial charge in [-0.05, 0) is 37.1 Å². The Labute approximate surface area is 216 Å². The molecule has 0 spiro atoms. The fourth-order valence-corrected chi connectivity index (χ4v) is 5.51. The molecule has 1 aliphatic rings. The van der Waals surface area contributed by atoms with Gasteiger partial charge in [0.15, 0.2) is 5.69 Å². The minimum atomic E-state index is -4.83. The number of amides is 2. The van der Waals surface area contributed by atoms with Gasteiger partial charge in [0.2, 0.25) is 15.9 Å². The Balaban J connectivity index is 1.27. The van der Waals surface area contributed by atoms with Crippen molar-refractivity contribution in [2.45, 2.75) is 23.9 Å². The summed E-state index contributed by atoms with van der Waals surface area (Å²) in [7, 11) is -3.69. The fourth-order valence-electron chi connectivity index (χ4n) is 4.07. The molecule has 0 radical (unpaired) electrons. The molecule has 0 saturated carbocycles. The van der Waals surface area contributed by atoms with Gasteiger partial charge in [-0.1, -0.05) is 18.2 Å². The number of pyridine rings is 1. The molecule has 2 amide bonds. The molecule has 0 unspecified atom stereocenters. The number of alkyl halides is 3. The molecule has 1 fully saturated rings. The van der Waals surface area contributed by atoms with Gasteiger partial charge in [-0.2, -0.15) is 22.6 Å². The number of sulfonamides is 1. The number of piperidine rings is 1. The van der Waals surface area contributed by atoms with E-state index in [0.29, 0.717) is 18.5 Å². The summed E-state index contributed by atoms with van der Waals surface area (Å²) in [6.45, 7) is 0.217.